The van der Waals surface area contributed by atoms with Gasteiger partial charge in [0.05, 0.1) is 18.2 Å². The van der Waals surface area contributed by atoms with Crippen LogP contribution in [-0.4, -0.2) is 34.5 Å². The van der Waals surface area contributed by atoms with Gasteiger partial charge in [-0.1, -0.05) is 0 Å². The molecular formula is C21H21NO6. The van der Waals surface area contributed by atoms with E-state index in [0.29, 0.717) is 36.1 Å². The minimum atomic E-state index is -1.01. The Morgan fingerprint density at radius 1 is 1.18 bits per heavy atom. The fourth-order valence-corrected chi connectivity index (χ4v) is 4.10. The van der Waals surface area contributed by atoms with Gasteiger partial charge < -0.3 is 18.8 Å². The molecular weight excluding hydrogens is 362 g/mol. The number of rotatable bonds is 3. The van der Waals surface area contributed by atoms with Gasteiger partial charge in [0.15, 0.2) is 0 Å². The van der Waals surface area contributed by atoms with Crippen LogP contribution in [0.25, 0.3) is 21.9 Å². The summed E-state index contributed by atoms with van der Waals surface area (Å²) in [6.45, 7) is 5.96. The van der Waals surface area contributed by atoms with Crippen molar-refractivity contribution in [3.05, 3.63) is 45.0 Å². The maximum absolute atomic E-state index is 12.7. The quantitative estimate of drug-likeness (QED) is 0.698. The van der Waals surface area contributed by atoms with Gasteiger partial charge >= 0.3 is 11.6 Å². The second-order valence-corrected chi connectivity index (χ2v) is 7.43. The molecule has 28 heavy (non-hydrogen) atoms. The highest BCUT2D eigenvalue weighted by atomic mass is 16.4. The third kappa shape index (κ3) is 2.69. The molecule has 7 heteroatoms. The number of nitrogens with zero attached hydrogens (tertiary/aromatic N) is 1. The van der Waals surface area contributed by atoms with E-state index in [9.17, 15) is 19.5 Å². The summed E-state index contributed by atoms with van der Waals surface area (Å²) in [7, 11) is 0. The Morgan fingerprint density at radius 3 is 2.64 bits per heavy atom. The number of aliphatic carboxylic acids is 1. The van der Waals surface area contributed by atoms with Gasteiger partial charge in [0.2, 0.25) is 5.91 Å². The first-order chi connectivity index (χ1) is 13.3. The van der Waals surface area contributed by atoms with E-state index in [2.05, 4.69) is 0 Å². The lowest BCUT2D eigenvalue weighted by molar-refractivity contribution is -0.148. The molecule has 3 aromatic rings. The van der Waals surface area contributed by atoms with Crippen LogP contribution in [0.3, 0.4) is 0 Å². The average molecular weight is 383 g/mol. The van der Waals surface area contributed by atoms with Crippen LogP contribution in [0.2, 0.25) is 0 Å². The van der Waals surface area contributed by atoms with Crippen LogP contribution >= 0.6 is 0 Å². The van der Waals surface area contributed by atoms with Crippen molar-refractivity contribution in [3.63, 3.8) is 0 Å². The van der Waals surface area contributed by atoms with E-state index in [-0.39, 0.29) is 17.9 Å². The van der Waals surface area contributed by atoms with E-state index in [1.807, 2.05) is 19.9 Å². The van der Waals surface area contributed by atoms with Crippen LogP contribution in [0.5, 0.6) is 0 Å². The van der Waals surface area contributed by atoms with Crippen LogP contribution in [-0.2, 0) is 16.0 Å². The fraction of sp³-hybridized carbons (Fsp3) is 0.381. The summed E-state index contributed by atoms with van der Waals surface area (Å²) in [6.07, 6.45) is 2.57. The van der Waals surface area contributed by atoms with Gasteiger partial charge in [0.1, 0.15) is 17.2 Å². The van der Waals surface area contributed by atoms with Crippen molar-refractivity contribution in [1.82, 2.24) is 4.90 Å². The first-order valence-corrected chi connectivity index (χ1v) is 9.25. The molecule has 0 radical (unpaired) electrons. The maximum atomic E-state index is 12.7. The Labute approximate surface area is 160 Å². The highest BCUT2D eigenvalue weighted by molar-refractivity contribution is 6.00. The number of carboxylic acids is 1. The smallest absolute Gasteiger partial charge is 0.340 e. The van der Waals surface area contributed by atoms with Crippen molar-refractivity contribution in [1.29, 1.82) is 0 Å². The lowest BCUT2D eigenvalue weighted by Crippen LogP contribution is -2.41. The van der Waals surface area contributed by atoms with Crippen LogP contribution in [0.15, 0.2) is 26.0 Å². The van der Waals surface area contributed by atoms with Crippen LogP contribution in [0.4, 0.5) is 0 Å². The number of fused-ring (bicyclic) bond motifs is 2. The molecule has 1 fully saturated rings. The summed E-state index contributed by atoms with van der Waals surface area (Å²) >= 11 is 0. The zero-order valence-corrected chi connectivity index (χ0v) is 16.0. The zero-order chi connectivity index (χ0) is 20.2. The molecule has 0 spiro atoms. The topological polar surface area (TPSA) is 101 Å². The minimum Gasteiger partial charge on any atom is -0.480 e. The Balaban J connectivity index is 1.80. The van der Waals surface area contributed by atoms with Crippen molar-refractivity contribution in [2.45, 2.75) is 46.1 Å². The molecule has 1 N–H and O–H groups in total. The lowest BCUT2D eigenvalue weighted by atomic mass is 9.99. The van der Waals surface area contributed by atoms with Gasteiger partial charge in [-0.3, -0.25) is 4.79 Å². The molecule has 4 rings (SSSR count). The predicted molar refractivity (Wildman–Crippen MR) is 103 cm³/mol. The number of carboxylic acid groups (broad SMARTS) is 1. The van der Waals surface area contributed by atoms with Crippen LogP contribution in [0, 0.1) is 20.8 Å². The number of furan rings is 1. The monoisotopic (exact) mass is 383 g/mol. The van der Waals surface area contributed by atoms with Gasteiger partial charge in [-0.25, -0.2) is 9.59 Å². The number of carbonyl (C=O) groups is 2. The third-order valence-electron chi connectivity index (χ3n) is 5.72. The zero-order valence-electron chi connectivity index (χ0n) is 16.0. The summed E-state index contributed by atoms with van der Waals surface area (Å²) in [4.78, 5) is 38.1. The maximum Gasteiger partial charge on any atom is 0.340 e. The molecule has 1 aliphatic heterocycles. The summed E-state index contributed by atoms with van der Waals surface area (Å²) in [5, 5.41) is 11.0. The van der Waals surface area contributed by atoms with E-state index in [1.54, 1.807) is 13.2 Å². The predicted octanol–water partition coefficient (Wildman–Crippen LogP) is 3.08. The number of amides is 1. The highest BCUT2D eigenvalue weighted by Gasteiger charge is 2.34. The van der Waals surface area contributed by atoms with Crippen molar-refractivity contribution < 1.29 is 23.5 Å². The molecule has 1 saturated heterocycles. The van der Waals surface area contributed by atoms with E-state index in [4.69, 9.17) is 8.83 Å². The van der Waals surface area contributed by atoms with Gasteiger partial charge in [-0.2, -0.15) is 0 Å². The molecule has 1 aliphatic rings. The molecule has 2 aromatic heterocycles. The number of aryl methyl sites for hydroxylation is 3. The summed E-state index contributed by atoms with van der Waals surface area (Å²) < 4.78 is 11.1. The molecule has 146 valence electrons. The SMILES string of the molecule is Cc1coc2c(C)c3oc(=O)c(CC(=O)N4CCC[C@@H]4C(=O)O)c(C)c3cc12. The Hall–Kier alpha value is -3.09. The normalized spacial score (nSPS) is 17.0. The van der Waals surface area contributed by atoms with Gasteiger partial charge in [0.25, 0.3) is 0 Å². The Kier molecular flexibility index (Phi) is 4.25. The number of hydrogen-bond donors (Lipinski definition) is 1. The fourth-order valence-electron chi connectivity index (χ4n) is 4.10. The molecule has 0 saturated carbocycles. The average Bonchev–Trinajstić information content (AvgIpc) is 3.27. The molecule has 1 aromatic carbocycles. The van der Waals surface area contributed by atoms with E-state index in [0.717, 1.165) is 21.9 Å². The first-order valence-electron chi connectivity index (χ1n) is 9.25. The number of carbonyl (C=O) groups excluding carboxylic acids is 1. The minimum absolute atomic E-state index is 0.171. The number of likely N-dealkylation sites (tertiary alicyclic amines) is 1. The van der Waals surface area contributed by atoms with E-state index >= 15 is 0 Å². The van der Waals surface area contributed by atoms with Crippen LogP contribution < -0.4 is 5.63 Å². The van der Waals surface area contributed by atoms with Gasteiger partial charge in [-0.05, 0) is 50.8 Å². The number of benzene rings is 1. The summed E-state index contributed by atoms with van der Waals surface area (Å²) in [5.74, 6) is -1.38. The second kappa shape index (κ2) is 6.51. The Bertz CT molecular complexity index is 1190. The summed E-state index contributed by atoms with van der Waals surface area (Å²) in [6, 6.07) is 1.09. The van der Waals surface area contributed by atoms with Gasteiger partial charge in [-0.15, -0.1) is 0 Å². The molecule has 0 unspecified atom stereocenters. The van der Waals surface area contributed by atoms with E-state index < -0.39 is 17.6 Å². The second-order valence-electron chi connectivity index (χ2n) is 7.43. The molecule has 7 nitrogen and oxygen atoms in total. The lowest BCUT2D eigenvalue weighted by Gasteiger charge is -2.21. The van der Waals surface area contributed by atoms with Crippen molar-refractivity contribution in [3.8, 4) is 0 Å². The van der Waals surface area contributed by atoms with E-state index in [1.165, 1.54) is 4.90 Å². The highest BCUT2D eigenvalue weighted by Crippen LogP contribution is 2.32. The largest absolute Gasteiger partial charge is 0.480 e. The Morgan fingerprint density at radius 2 is 1.93 bits per heavy atom. The molecule has 1 atom stereocenters. The van der Waals surface area contributed by atoms with Gasteiger partial charge in [0, 0.05) is 22.9 Å². The first kappa shape index (κ1) is 18.3. The molecule has 3 heterocycles. The van der Waals surface area contributed by atoms with Crippen molar-refractivity contribution >= 4 is 33.8 Å². The van der Waals surface area contributed by atoms with Crippen molar-refractivity contribution in [2.24, 2.45) is 0 Å². The number of hydrogen-bond acceptors (Lipinski definition) is 5. The summed E-state index contributed by atoms with van der Waals surface area (Å²) in [5.41, 5.74) is 3.22. The molecule has 1 amide bonds. The molecule has 0 aliphatic carbocycles. The van der Waals surface area contributed by atoms with Crippen LogP contribution in [0.1, 0.15) is 35.1 Å². The third-order valence-corrected chi connectivity index (χ3v) is 5.72. The van der Waals surface area contributed by atoms with Crippen molar-refractivity contribution in [2.75, 3.05) is 6.54 Å². The molecule has 0 bridgehead atoms. The standard InChI is InChI=1S/C21H21NO6/c1-10-9-27-18-12(3)19-14(7-13(10)18)11(2)15(21(26)28-19)8-17(23)22-6-4-5-16(22)20(24)25/h7,9,16H,4-6,8H2,1-3H3,(H,24,25)/t16-/m1/s1.